The Hall–Kier alpha value is -4.26. The maximum atomic E-state index is 13.5. The van der Waals surface area contributed by atoms with Gasteiger partial charge in [0.1, 0.15) is 23.0 Å². The Balaban J connectivity index is 1.80. The number of methoxy groups -OCH3 is 1. The molecule has 0 radical (unpaired) electrons. The Bertz CT molecular complexity index is 1410. The molecule has 1 heterocycles. The van der Waals surface area contributed by atoms with Crippen molar-refractivity contribution in [3.63, 3.8) is 0 Å². The van der Waals surface area contributed by atoms with Gasteiger partial charge in [0.15, 0.2) is 0 Å². The van der Waals surface area contributed by atoms with Gasteiger partial charge in [-0.05, 0) is 74.2 Å². The zero-order chi connectivity index (χ0) is 29.0. The third-order valence-corrected chi connectivity index (χ3v) is 6.66. The van der Waals surface area contributed by atoms with Crippen LogP contribution in [0, 0.1) is 12.8 Å². The van der Waals surface area contributed by atoms with E-state index in [1.807, 2.05) is 69.3 Å². The number of amides is 1. The van der Waals surface area contributed by atoms with E-state index in [1.165, 1.54) is 4.90 Å². The van der Waals surface area contributed by atoms with Crippen LogP contribution in [0.25, 0.3) is 5.76 Å². The molecule has 1 N–H and O–H groups in total. The molecule has 210 valence electrons. The summed E-state index contributed by atoms with van der Waals surface area (Å²) in [6.07, 6.45) is -0.00207. The number of aliphatic hydroxyl groups excluding tert-OH is 1. The number of ketones is 1. The molecule has 7 nitrogen and oxygen atoms in total. The van der Waals surface area contributed by atoms with Crippen LogP contribution in [0.3, 0.4) is 0 Å². The summed E-state index contributed by atoms with van der Waals surface area (Å²) in [4.78, 5) is 28.5. The molecule has 3 aromatic carbocycles. The first-order chi connectivity index (χ1) is 19.1. The smallest absolute Gasteiger partial charge is 0.295 e. The van der Waals surface area contributed by atoms with Crippen molar-refractivity contribution in [3.8, 4) is 17.2 Å². The number of rotatable bonds is 10. The van der Waals surface area contributed by atoms with Gasteiger partial charge in [-0.25, -0.2) is 0 Å². The molecule has 1 aliphatic rings. The normalized spacial score (nSPS) is 16.6. The van der Waals surface area contributed by atoms with Gasteiger partial charge in [0.05, 0.1) is 38.0 Å². The summed E-state index contributed by atoms with van der Waals surface area (Å²) in [5, 5.41) is 11.5. The number of carbonyl (C=O) groups excluding carboxylic acids is 2. The molecule has 1 atom stereocenters. The molecule has 0 saturated carbocycles. The first-order valence-corrected chi connectivity index (χ1v) is 13.5. The molecule has 7 heteroatoms. The number of hydrogen-bond acceptors (Lipinski definition) is 6. The molecule has 3 aromatic rings. The van der Waals surface area contributed by atoms with Crippen LogP contribution in [0.15, 0.2) is 72.3 Å². The van der Waals surface area contributed by atoms with Crippen LogP contribution in [-0.2, 0) is 16.1 Å². The predicted octanol–water partition coefficient (Wildman–Crippen LogP) is 6.45. The summed E-state index contributed by atoms with van der Waals surface area (Å²) in [7, 11) is 1.56. The number of hydrogen-bond donors (Lipinski definition) is 1. The summed E-state index contributed by atoms with van der Waals surface area (Å²) in [6, 6.07) is 19.1. The summed E-state index contributed by atoms with van der Waals surface area (Å²) >= 11 is 0. The van der Waals surface area contributed by atoms with Gasteiger partial charge in [0.25, 0.3) is 11.7 Å². The van der Waals surface area contributed by atoms with Crippen molar-refractivity contribution >= 4 is 17.4 Å². The van der Waals surface area contributed by atoms with Crippen molar-refractivity contribution in [3.05, 3.63) is 94.6 Å². The number of aryl methyl sites for hydroxylation is 1. The average Bonchev–Trinajstić information content (AvgIpc) is 3.17. The van der Waals surface area contributed by atoms with E-state index in [0.29, 0.717) is 40.9 Å². The predicted molar refractivity (Wildman–Crippen MR) is 155 cm³/mol. The van der Waals surface area contributed by atoms with E-state index in [9.17, 15) is 14.7 Å². The summed E-state index contributed by atoms with van der Waals surface area (Å²) in [6.45, 7) is 10.6. The van der Waals surface area contributed by atoms with Gasteiger partial charge in [-0.3, -0.25) is 9.59 Å². The average molecular weight is 544 g/mol. The minimum absolute atomic E-state index is 0.00207. The largest absolute Gasteiger partial charge is 0.507 e. The Morgan fingerprint density at radius 2 is 1.65 bits per heavy atom. The standard InChI is InChI=1S/C33H37NO6/c1-20(2)19-39-27-16-13-24(17-22(27)5)31(35)29-30(23-11-14-26(15-12-23)40-21(3)4)34(33(37)32(29)36)18-25-9-7-8-10-28(25)38-6/h7-17,20-21,30,35H,18-19H2,1-6H3/b31-29-. The van der Waals surface area contributed by atoms with Crippen LogP contribution in [0.5, 0.6) is 17.2 Å². The minimum atomic E-state index is -0.810. The van der Waals surface area contributed by atoms with Crippen molar-refractivity contribution in [2.45, 2.75) is 53.3 Å². The van der Waals surface area contributed by atoms with Crippen LogP contribution < -0.4 is 14.2 Å². The van der Waals surface area contributed by atoms with Crippen molar-refractivity contribution in [1.82, 2.24) is 4.90 Å². The van der Waals surface area contributed by atoms with E-state index >= 15 is 0 Å². The molecular formula is C33H37NO6. The minimum Gasteiger partial charge on any atom is -0.507 e. The lowest BCUT2D eigenvalue weighted by atomic mass is 9.94. The fourth-order valence-corrected chi connectivity index (χ4v) is 4.78. The summed E-state index contributed by atoms with van der Waals surface area (Å²) in [5.41, 5.74) is 2.72. The SMILES string of the molecule is COc1ccccc1CN1C(=O)C(=O)/C(=C(\O)c2ccc(OCC(C)C)c(C)c2)C1c1ccc(OC(C)C)cc1. The lowest BCUT2D eigenvalue weighted by molar-refractivity contribution is -0.140. The quantitative estimate of drug-likeness (QED) is 0.180. The molecule has 0 spiro atoms. The number of para-hydroxylation sites is 1. The molecule has 40 heavy (non-hydrogen) atoms. The fourth-order valence-electron chi connectivity index (χ4n) is 4.78. The van der Waals surface area contributed by atoms with Crippen molar-refractivity contribution in [2.75, 3.05) is 13.7 Å². The lowest BCUT2D eigenvalue weighted by Crippen LogP contribution is -2.29. The maximum absolute atomic E-state index is 13.5. The Morgan fingerprint density at radius 1 is 0.950 bits per heavy atom. The van der Waals surface area contributed by atoms with Gasteiger partial charge >= 0.3 is 0 Å². The lowest BCUT2D eigenvalue weighted by Gasteiger charge is -2.26. The van der Waals surface area contributed by atoms with Gasteiger partial charge in [-0.1, -0.05) is 44.2 Å². The second-order valence-corrected chi connectivity index (χ2v) is 10.7. The zero-order valence-electron chi connectivity index (χ0n) is 23.9. The topological polar surface area (TPSA) is 85.3 Å². The van der Waals surface area contributed by atoms with Gasteiger partial charge in [-0.2, -0.15) is 0 Å². The first-order valence-electron chi connectivity index (χ1n) is 13.5. The molecule has 1 unspecified atom stereocenters. The molecule has 1 saturated heterocycles. The van der Waals surface area contributed by atoms with Crippen LogP contribution >= 0.6 is 0 Å². The monoisotopic (exact) mass is 543 g/mol. The number of aliphatic hydroxyl groups is 1. The number of benzene rings is 3. The van der Waals surface area contributed by atoms with Crippen molar-refractivity contribution in [1.29, 1.82) is 0 Å². The maximum Gasteiger partial charge on any atom is 0.295 e. The third kappa shape index (κ3) is 6.14. The van der Waals surface area contributed by atoms with Gasteiger partial charge in [-0.15, -0.1) is 0 Å². The van der Waals surface area contributed by atoms with E-state index in [0.717, 1.165) is 11.1 Å². The van der Waals surface area contributed by atoms with E-state index in [1.54, 1.807) is 25.3 Å². The summed E-state index contributed by atoms with van der Waals surface area (Å²) < 4.78 is 17.2. The summed E-state index contributed by atoms with van der Waals surface area (Å²) in [5.74, 6) is 0.700. The van der Waals surface area contributed by atoms with Crippen molar-refractivity contribution in [2.24, 2.45) is 5.92 Å². The number of likely N-dealkylation sites (tertiary alicyclic amines) is 1. The highest BCUT2D eigenvalue weighted by Gasteiger charge is 2.46. The fraction of sp³-hybridized carbons (Fsp3) is 0.333. The van der Waals surface area contributed by atoms with E-state index in [4.69, 9.17) is 14.2 Å². The Labute approximate surface area is 236 Å². The number of Topliss-reactive ketones (excluding diaryl/α,β-unsaturated/α-hetero) is 1. The molecular weight excluding hydrogens is 506 g/mol. The molecule has 1 fully saturated rings. The van der Waals surface area contributed by atoms with Crippen LogP contribution in [0.1, 0.15) is 56.0 Å². The molecule has 0 bridgehead atoms. The molecule has 4 rings (SSSR count). The van der Waals surface area contributed by atoms with Gasteiger partial charge < -0.3 is 24.2 Å². The van der Waals surface area contributed by atoms with Crippen molar-refractivity contribution < 1.29 is 28.9 Å². The van der Waals surface area contributed by atoms with E-state index in [-0.39, 0.29) is 24.0 Å². The second-order valence-electron chi connectivity index (χ2n) is 10.7. The number of carbonyl (C=O) groups is 2. The molecule has 0 aromatic heterocycles. The van der Waals surface area contributed by atoms with Gasteiger partial charge in [0, 0.05) is 11.1 Å². The Morgan fingerprint density at radius 3 is 2.27 bits per heavy atom. The number of ether oxygens (including phenoxy) is 3. The highest BCUT2D eigenvalue weighted by Crippen LogP contribution is 2.41. The zero-order valence-corrected chi connectivity index (χ0v) is 23.9. The molecule has 1 aliphatic heterocycles. The second kappa shape index (κ2) is 12.3. The van der Waals surface area contributed by atoms with E-state index < -0.39 is 17.7 Å². The van der Waals surface area contributed by atoms with Crippen LogP contribution in [-0.4, -0.2) is 41.5 Å². The van der Waals surface area contributed by atoms with Crippen LogP contribution in [0.4, 0.5) is 0 Å². The van der Waals surface area contributed by atoms with E-state index in [2.05, 4.69) is 13.8 Å². The molecule has 1 amide bonds. The van der Waals surface area contributed by atoms with Gasteiger partial charge in [0.2, 0.25) is 0 Å². The molecule has 0 aliphatic carbocycles. The first kappa shape index (κ1) is 28.7. The highest BCUT2D eigenvalue weighted by atomic mass is 16.5. The Kier molecular flexibility index (Phi) is 8.83. The van der Waals surface area contributed by atoms with Crippen LogP contribution in [0.2, 0.25) is 0 Å². The number of nitrogens with zero attached hydrogens (tertiary/aromatic N) is 1. The highest BCUT2D eigenvalue weighted by molar-refractivity contribution is 6.46. The third-order valence-electron chi connectivity index (χ3n) is 6.66.